The first-order valence-electron chi connectivity index (χ1n) is 12.6. The van der Waals surface area contributed by atoms with Gasteiger partial charge in [0.2, 0.25) is 0 Å². The second-order valence-electron chi connectivity index (χ2n) is 10.9. The van der Waals surface area contributed by atoms with Crippen molar-refractivity contribution in [2.75, 3.05) is 14.1 Å². The summed E-state index contributed by atoms with van der Waals surface area (Å²) in [5, 5.41) is 0.976. The Bertz CT molecular complexity index is 1430. The normalized spacial score (nSPS) is 24.3. The fraction of sp³-hybridized carbons (Fsp3) is 0.414. The van der Waals surface area contributed by atoms with E-state index >= 15 is 0 Å². The standard InChI is InChI=1S/C29H31FN4O/c1-16(10-28-32-26-6-4-17(14-27(26)33-28)29(35)34(2)3)22-12-19-11-18(22)13-23(19)21-8-9-31-25-7-5-20(30)15-24(21)25/h4-9,14-16,18-19,22-23H,10-13H2,1-3H3,(H,32,33)/t16-,18?,19?,22?,23?/m1/s1. The molecule has 2 aliphatic carbocycles. The van der Waals surface area contributed by atoms with Crippen LogP contribution in [-0.2, 0) is 6.42 Å². The van der Waals surface area contributed by atoms with Gasteiger partial charge in [0.15, 0.2) is 0 Å². The maximum Gasteiger partial charge on any atom is 0.253 e. The summed E-state index contributed by atoms with van der Waals surface area (Å²) in [5.41, 5.74) is 4.65. The van der Waals surface area contributed by atoms with Crippen LogP contribution >= 0.6 is 0 Å². The average molecular weight is 471 g/mol. The molecule has 2 bridgehead atoms. The number of halogens is 1. The molecule has 1 amide bonds. The number of benzene rings is 2. The van der Waals surface area contributed by atoms with E-state index in [1.54, 1.807) is 31.1 Å². The molecular weight excluding hydrogens is 439 g/mol. The zero-order chi connectivity index (χ0) is 24.3. The van der Waals surface area contributed by atoms with Gasteiger partial charge in [-0.2, -0.15) is 0 Å². The van der Waals surface area contributed by atoms with Crippen LogP contribution in [-0.4, -0.2) is 39.9 Å². The van der Waals surface area contributed by atoms with Gasteiger partial charge < -0.3 is 9.88 Å². The quantitative estimate of drug-likeness (QED) is 0.391. The highest BCUT2D eigenvalue weighted by Gasteiger charge is 2.48. The number of aromatic nitrogens is 3. The highest BCUT2D eigenvalue weighted by Crippen LogP contribution is 2.58. The SMILES string of the molecule is C[C@H](Cc1nc2cc(C(=O)N(C)C)ccc2[nH]1)C1CC2CC1CC2c1ccnc2ccc(F)cc12. The number of hydrogen-bond donors (Lipinski definition) is 1. The van der Waals surface area contributed by atoms with Gasteiger partial charge in [-0.25, -0.2) is 9.37 Å². The predicted octanol–water partition coefficient (Wildman–Crippen LogP) is 5.96. The predicted molar refractivity (Wildman–Crippen MR) is 136 cm³/mol. The van der Waals surface area contributed by atoms with Crippen LogP contribution in [0.4, 0.5) is 4.39 Å². The number of amides is 1. The van der Waals surface area contributed by atoms with Gasteiger partial charge in [0.05, 0.1) is 16.6 Å². The number of hydrogen-bond acceptors (Lipinski definition) is 3. The summed E-state index contributed by atoms with van der Waals surface area (Å²) in [4.78, 5) is 26.6. The molecular formula is C29H31FN4O. The first kappa shape index (κ1) is 22.2. The van der Waals surface area contributed by atoms with E-state index in [1.165, 1.54) is 30.9 Å². The van der Waals surface area contributed by atoms with Crippen LogP contribution in [0.5, 0.6) is 0 Å². The van der Waals surface area contributed by atoms with Crippen LogP contribution < -0.4 is 0 Å². The van der Waals surface area contributed by atoms with Crippen LogP contribution in [0.1, 0.15) is 53.8 Å². The highest BCUT2D eigenvalue weighted by atomic mass is 19.1. The zero-order valence-electron chi connectivity index (χ0n) is 20.5. The maximum atomic E-state index is 14.0. The number of carbonyl (C=O) groups excluding carboxylic acids is 1. The Morgan fingerprint density at radius 3 is 2.71 bits per heavy atom. The molecule has 0 spiro atoms. The minimum absolute atomic E-state index is 0.00827. The van der Waals surface area contributed by atoms with Crippen molar-refractivity contribution in [1.29, 1.82) is 0 Å². The summed E-state index contributed by atoms with van der Waals surface area (Å²) in [6, 6.07) is 12.7. The van der Waals surface area contributed by atoms with Gasteiger partial charge in [-0.3, -0.25) is 9.78 Å². The van der Waals surface area contributed by atoms with Crippen molar-refractivity contribution in [3.8, 4) is 0 Å². The minimum Gasteiger partial charge on any atom is -0.345 e. The van der Waals surface area contributed by atoms with Crippen molar-refractivity contribution in [2.45, 2.75) is 38.5 Å². The highest BCUT2D eigenvalue weighted by molar-refractivity contribution is 5.97. The fourth-order valence-electron chi connectivity index (χ4n) is 6.86. The molecule has 4 aromatic rings. The van der Waals surface area contributed by atoms with E-state index in [0.717, 1.165) is 34.2 Å². The summed E-state index contributed by atoms with van der Waals surface area (Å²) in [7, 11) is 3.53. The Labute approximate surface area is 204 Å². The van der Waals surface area contributed by atoms with Gasteiger partial charge in [0.25, 0.3) is 5.91 Å². The lowest BCUT2D eigenvalue weighted by Gasteiger charge is -2.32. The topological polar surface area (TPSA) is 61.9 Å². The number of nitrogens with one attached hydrogen (secondary N) is 1. The molecule has 0 aliphatic heterocycles. The van der Waals surface area contributed by atoms with E-state index < -0.39 is 0 Å². The molecule has 4 unspecified atom stereocenters. The molecule has 0 saturated heterocycles. The Morgan fingerprint density at radius 2 is 1.94 bits per heavy atom. The lowest BCUT2D eigenvalue weighted by Crippen LogP contribution is -2.24. The number of nitrogens with zero attached hydrogens (tertiary/aromatic N) is 3. The number of carbonyl (C=O) groups is 1. The van der Waals surface area contributed by atoms with E-state index in [4.69, 9.17) is 4.98 Å². The van der Waals surface area contributed by atoms with E-state index in [1.807, 2.05) is 24.4 Å². The summed E-state index contributed by atoms with van der Waals surface area (Å²) in [5.74, 6) is 3.85. The minimum atomic E-state index is -0.189. The summed E-state index contributed by atoms with van der Waals surface area (Å²) < 4.78 is 14.0. The van der Waals surface area contributed by atoms with Crippen LogP contribution in [0.2, 0.25) is 0 Å². The van der Waals surface area contributed by atoms with Crippen molar-refractivity contribution in [3.63, 3.8) is 0 Å². The molecule has 2 fully saturated rings. The molecule has 5 atom stereocenters. The van der Waals surface area contributed by atoms with E-state index in [-0.39, 0.29) is 11.7 Å². The Morgan fingerprint density at radius 1 is 1.09 bits per heavy atom. The average Bonchev–Trinajstić information content (AvgIpc) is 3.56. The second kappa shape index (κ2) is 8.43. The fourth-order valence-corrected chi connectivity index (χ4v) is 6.86. The third kappa shape index (κ3) is 3.89. The number of H-pyrrole nitrogens is 1. The second-order valence-corrected chi connectivity index (χ2v) is 10.9. The molecule has 0 radical (unpaired) electrons. The summed E-state index contributed by atoms with van der Waals surface area (Å²) in [6.07, 6.45) is 6.44. The first-order valence-corrected chi connectivity index (χ1v) is 12.6. The molecule has 2 aliphatic rings. The van der Waals surface area contributed by atoms with Crippen LogP contribution in [0, 0.1) is 29.5 Å². The molecule has 2 aromatic heterocycles. The Kier molecular flexibility index (Phi) is 5.35. The molecule has 2 saturated carbocycles. The summed E-state index contributed by atoms with van der Waals surface area (Å²) >= 11 is 0. The summed E-state index contributed by atoms with van der Waals surface area (Å²) in [6.45, 7) is 2.35. The number of rotatable bonds is 5. The smallest absolute Gasteiger partial charge is 0.253 e. The van der Waals surface area contributed by atoms with E-state index in [9.17, 15) is 9.18 Å². The molecule has 6 heteroatoms. The van der Waals surface area contributed by atoms with E-state index in [0.29, 0.717) is 35.2 Å². The third-order valence-electron chi connectivity index (χ3n) is 8.48. The van der Waals surface area contributed by atoms with Crippen LogP contribution in [0.25, 0.3) is 21.9 Å². The van der Waals surface area contributed by atoms with Crippen LogP contribution in [0.15, 0.2) is 48.7 Å². The number of aromatic amines is 1. The molecule has 2 heterocycles. The first-order chi connectivity index (χ1) is 16.9. The number of imidazole rings is 1. The van der Waals surface area contributed by atoms with Crippen molar-refractivity contribution < 1.29 is 9.18 Å². The molecule has 5 nitrogen and oxygen atoms in total. The largest absolute Gasteiger partial charge is 0.345 e. The molecule has 6 rings (SSSR count). The van der Waals surface area contributed by atoms with Gasteiger partial charge in [0, 0.05) is 37.7 Å². The lowest BCUT2D eigenvalue weighted by molar-refractivity contribution is 0.0827. The zero-order valence-corrected chi connectivity index (χ0v) is 20.5. The van der Waals surface area contributed by atoms with Gasteiger partial charge in [-0.15, -0.1) is 0 Å². The van der Waals surface area contributed by atoms with Gasteiger partial charge in [-0.05, 0) is 96.9 Å². The maximum absolute atomic E-state index is 14.0. The molecule has 180 valence electrons. The third-order valence-corrected chi connectivity index (χ3v) is 8.48. The van der Waals surface area contributed by atoms with Crippen molar-refractivity contribution >= 4 is 27.8 Å². The monoisotopic (exact) mass is 470 g/mol. The Hall–Kier alpha value is -3.28. The van der Waals surface area contributed by atoms with Crippen molar-refractivity contribution in [1.82, 2.24) is 19.9 Å². The number of fused-ring (bicyclic) bond motifs is 4. The van der Waals surface area contributed by atoms with Gasteiger partial charge in [0.1, 0.15) is 11.6 Å². The Balaban J connectivity index is 1.17. The van der Waals surface area contributed by atoms with E-state index in [2.05, 4.69) is 23.0 Å². The molecule has 1 N–H and O–H groups in total. The van der Waals surface area contributed by atoms with Gasteiger partial charge in [-0.1, -0.05) is 6.92 Å². The molecule has 35 heavy (non-hydrogen) atoms. The van der Waals surface area contributed by atoms with Gasteiger partial charge >= 0.3 is 0 Å². The molecule has 2 aromatic carbocycles. The van der Waals surface area contributed by atoms with Crippen molar-refractivity contribution in [3.05, 3.63) is 71.4 Å². The number of pyridine rings is 1. The van der Waals surface area contributed by atoms with Crippen molar-refractivity contribution in [2.24, 2.45) is 23.7 Å². The lowest BCUT2D eigenvalue weighted by atomic mass is 9.73. The van der Waals surface area contributed by atoms with Crippen LogP contribution in [0.3, 0.4) is 0 Å².